The first-order valence-corrected chi connectivity index (χ1v) is 9.04. The molecule has 1 N–H and O–H groups in total. The van der Waals surface area contributed by atoms with Gasteiger partial charge in [-0.15, -0.1) is 0 Å². The Labute approximate surface area is 141 Å². The van der Waals surface area contributed by atoms with Crippen LogP contribution in [0.2, 0.25) is 10.0 Å². The molecule has 3 nitrogen and oxygen atoms in total. The summed E-state index contributed by atoms with van der Waals surface area (Å²) in [6.45, 7) is 4.35. The minimum atomic E-state index is -3.67. The van der Waals surface area contributed by atoms with Gasteiger partial charge in [-0.1, -0.05) is 47.0 Å². The van der Waals surface area contributed by atoms with Gasteiger partial charge in [-0.3, -0.25) is 0 Å². The van der Waals surface area contributed by atoms with Crippen LogP contribution in [-0.2, 0) is 16.4 Å². The number of hydrogen-bond donors (Lipinski definition) is 1. The third-order valence-electron chi connectivity index (χ3n) is 3.37. The number of hydrogen-bond acceptors (Lipinski definition) is 2. The van der Waals surface area contributed by atoms with Crippen LogP contribution in [0.15, 0.2) is 41.3 Å². The smallest absolute Gasteiger partial charge is 0.211 e. The van der Waals surface area contributed by atoms with E-state index in [1.807, 2.05) is 26.0 Å². The standard InChI is InChI=1S/C16H17Cl2NO2S/c1-11-3-4-13(12(2)9-11)7-8-19-22(20,21)16-10-14(17)5-6-15(16)18/h3-6,9-10,19H,7-8H2,1-2H3. The molecule has 0 unspecified atom stereocenters. The van der Waals surface area contributed by atoms with Crippen molar-refractivity contribution in [2.75, 3.05) is 6.54 Å². The number of nitrogens with one attached hydrogen (secondary N) is 1. The van der Waals surface area contributed by atoms with Crippen LogP contribution in [-0.4, -0.2) is 15.0 Å². The molecular formula is C16H17Cl2NO2S. The van der Waals surface area contributed by atoms with Gasteiger partial charge < -0.3 is 0 Å². The molecule has 0 saturated heterocycles. The Balaban J connectivity index is 2.08. The first kappa shape index (κ1) is 17.3. The SMILES string of the molecule is Cc1ccc(CCNS(=O)(=O)c2cc(Cl)ccc2Cl)c(C)c1. The summed E-state index contributed by atoms with van der Waals surface area (Å²) in [5.74, 6) is 0. The number of aryl methyl sites for hydroxylation is 2. The molecule has 0 radical (unpaired) electrons. The maximum atomic E-state index is 12.3. The lowest BCUT2D eigenvalue weighted by Crippen LogP contribution is -2.26. The van der Waals surface area contributed by atoms with E-state index >= 15 is 0 Å². The highest BCUT2D eigenvalue weighted by molar-refractivity contribution is 7.89. The third kappa shape index (κ3) is 4.23. The van der Waals surface area contributed by atoms with Crippen LogP contribution in [0.5, 0.6) is 0 Å². The van der Waals surface area contributed by atoms with Crippen molar-refractivity contribution in [3.8, 4) is 0 Å². The van der Waals surface area contributed by atoms with Gasteiger partial charge in [-0.2, -0.15) is 0 Å². The minimum absolute atomic E-state index is 0.00212. The minimum Gasteiger partial charge on any atom is -0.211 e. The largest absolute Gasteiger partial charge is 0.242 e. The Morgan fingerprint density at radius 3 is 2.45 bits per heavy atom. The molecule has 0 bridgehead atoms. The van der Waals surface area contributed by atoms with Crippen LogP contribution >= 0.6 is 23.2 Å². The maximum Gasteiger partial charge on any atom is 0.242 e. The Bertz CT molecular complexity index is 789. The van der Waals surface area contributed by atoms with E-state index in [0.717, 1.165) is 11.1 Å². The second-order valence-electron chi connectivity index (χ2n) is 5.15. The van der Waals surface area contributed by atoms with Gasteiger partial charge in [0.05, 0.1) is 5.02 Å². The van der Waals surface area contributed by atoms with Gasteiger partial charge in [-0.25, -0.2) is 13.1 Å². The molecule has 2 aromatic rings. The Kier molecular flexibility index (Phi) is 5.50. The van der Waals surface area contributed by atoms with Crippen LogP contribution in [0.25, 0.3) is 0 Å². The highest BCUT2D eigenvalue weighted by atomic mass is 35.5. The summed E-state index contributed by atoms with van der Waals surface area (Å²) in [6, 6.07) is 10.5. The van der Waals surface area contributed by atoms with E-state index in [1.54, 1.807) is 6.07 Å². The molecule has 0 fully saturated rings. The molecule has 0 spiro atoms. The molecule has 6 heteroatoms. The molecule has 0 aliphatic carbocycles. The molecule has 0 heterocycles. The van der Waals surface area contributed by atoms with Gasteiger partial charge in [0, 0.05) is 11.6 Å². The molecule has 0 aliphatic heterocycles. The highest BCUT2D eigenvalue weighted by Crippen LogP contribution is 2.24. The van der Waals surface area contributed by atoms with E-state index in [-0.39, 0.29) is 9.92 Å². The van der Waals surface area contributed by atoms with Gasteiger partial charge in [-0.05, 0) is 49.6 Å². The van der Waals surface area contributed by atoms with Crippen LogP contribution in [0.4, 0.5) is 0 Å². The zero-order valence-electron chi connectivity index (χ0n) is 12.4. The first-order valence-electron chi connectivity index (χ1n) is 6.80. The van der Waals surface area contributed by atoms with Crippen molar-refractivity contribution < 1.29 is 8.42 Å². The summed E-state index contributed by atoms with van der Waals surface area (Å²) in [5, 5.41) is 0.488. The zero-order chi connectivity index (χ0) is 16.3. The van der Waals surface area contributed by atoms with Crippen molar-refractivity contribution in [2.45, 2.75) is 25.2 Å². The topological polar surface area (TPSA) is 46.2 Å². The molecule has 2 aromatic carbocycles. The summed E-state index contributed by atoms with van der Waals surface area (Å²) in [5.41, 5.74) is 3.46. The molecule has 0 amide bonds. The van der Waals surface area contributed by atoms with Gasteiger partial charge >= 0.3 is 0 Å². The fraction of sp³-hybridized carbons (Fsp3) is 0.250. The molecule has 0 aromatic heterocycles. The van der Waals surface area contributed by atoms with Crippen LogP contribution < -0.4 is 4.72 Å². The first-order chi connectivity index (χ1) is 10.3. The summed E-state index contributed by atoms with van der Waals surface area (Å²) >= 11 is 11.8. The lowest BCUT2D eigenvalue weighted by Gasteiger charge is -2.10. The predicted molar refractivity (Wildman–Crippen MR) is 91.3 cm³/mol. The van der Waals surface area contributed by atoms with Crippen molar-refractivity contribution in [3.05, 3.63) is 63.1 Å². The van der Waals surface area contributed by atoms with Crippen molar-refractivity contribution in [3.63, 3.8) is 0 Å². The fourth-order valence-corrected chi connectivity index (χ4v) is 4.00. The van der Waals surface area contributed by atoms with E-state index in [4.69, 9.17) is 23.2 Å². The van der Waals surface area contributed by atoms with E-state index in [0.29, 0.717) is 18.0 Å². The molecule has 0 aliphatic rings. The van der Waals surface area contributed by atoms with Gasteiger partial charge in [0.15, 0.2) is 0 Å². The van der Waals surface area contributed by atoms with Gasteiger partial charge in [0.2, 0.25) is 10.0 Å². The second-order valence-corrected chi connectivity index (χ2v) is 7.73. The Morgan fingerprint density at radius 1 is 1.05 bits per heavy atom. The molecule has 0 atom stereocenters. The number of benzene rings is 2. The lowest BCUT2D eigenvalue weighted by molar-refractivity contribution is 0.581. The van der Waals surface area contributed by atoms with E-state index in [2.05, 4.69) is 10.8 Å². The third-order valence-corrected chi connectivity index (χ3v) is 5.54. The summed E-state index contributed by atoms with van der Waals surface area (Å²) in [4.78, 5) is 0.00212. The van der Waals surface area contributed by atoms with Crippen LogP contribution in [0.1, 0.15) is 16.7 Å². The van der Waals surface area contributed by atoms with E-state index in [1.165, 1.54) is 17.7 Å². The maximum absolute atomic E-state index is 12.3. The van der Waals surface area contributed by atoms with Crippen molar-refractivity contribution in [2.24, 2.45) is 0 Å². The van der Waals surface area contributed by atoms with E-state index in [9.17, 15) is 8.42 Å². The van der Waals surface area contributed by atoms with Crippen LogP contribution in [0, 0.1) is 13.8 Å². The Hall–Kier alpha value is -1.07. The van der Waals surface area contributed by atoms with E-state index < -0.39 is 10.0 Å². The summed E-state index contributed by atoms with van der Waals surface area (Å²) in [7, 11) is -3.67. The van der Waals surface area contributed by atoms with Gasteiger partial charge in [0.25, 0.3) is 0 Å². The molecule has 0 saturated carbocycles. The quantitative estimate of drug-likeness (QED) is 0.874. The van der Waals surface area contributed by atoms with Crippen molar-refractivity contribution >= 4 is 33.2 Å². The van der Waals surface area contributed by atoms with Crippen LogP contribution in [0.3, 0.4) is 0 Å². The highest BCUT2D eigenvalue weighted by Gasteiger charge is 2.17. The van der Waals surface area contributed by atoms with Gasteiger partial charge in [0.1, 0.15) is 4.90 Å². The average molecular weight is 358 g/mol. The number of sulfonamides is 1. The normalized spacial score (nSPS) is 11.6. The lowest BCUT2D eigenvalue weighted by atomic mass is 10.0. The molecule has 22 heavy (non-hydrogen) atoms. The number of rotatable bonds is 5. The van der Waals surface area contributed by atoms with Crippen molar-refractivity contribution in [1.29, 1.82) is 0 Å². The molecule has 2 rings (SSSR count). The summed E-state index contributed by atoms with van der Waals surface area (Å²) in [6.07, 6.45) is 0.615. The molecule has 118 valence electrons. The molecular weight excluding hydrogens is 341 g/mol. The number of halogens is 2. The van der Waals surface area contributed by atoms with Crippen molar-refractivity contribution in [1.82, 2.24) is 4.72 Å². The summed E-state index contributed by atoms with van der Waals surface area (Å²) < 4.78 is 27.1. The fourth-order valence-electron chi connectivity index (χ4n) is 2.21. The second kappa shape index (κ2) is 7.01. The monoisotopic (exact) mass is 357 g/mol. The average Bonchev–Trinajstić information content (AvgIpc) is 2.44. The zero-order valence-corrected chi connectivity index (χ0v) is 14.7. The Morgan fingerprint density at radius 2 is 1.77 bits per heavy atom. The predicted octanol–water partition coefficient (Wildman–Crippen LogP) is 4.13.